The summed E-state index contributed by atoms with van der Waals surface area (Å²) in [5.41, 5.74) is 4.13. The van der Waals surface area contributed by atoms with Gasteiger partial charge in [-0.1, -0.05) is 45.9 Å². The van der Waals surface area contributed by atoms with Gasteiger partial charge in [-0.05, 0) is 12.1 Å². The number of aromatic nitrogens is 1. The third kappa shape index (κ3) is 2.73. The van der Waals surface area contributed by atoms with Crippen molar-refractivity contribution in [3.63, 3.8) is 0 Å². The Morgan fingerprint density at radius 3 is 2.24 bits per heavy atom. The molecule has 1 aliphatic rings. The Bertz CT molecular complexity index is 417. The highest BCUT2D eigenvalue weighted by molar-refractivity contribution is 5.62. The monoisotopic (exact) mass is 228 g/mol. The summed E-state index contributed by atoms with van der Waals surface area (Å²) >= 11 is 0. The minimum Gasteiger partial charge on any atom is -0.194 e. The molecule has 0 atom stereocenters. The fourth-order valence-electron chi connectivity index (χ4n) is 1.95. The van der Waals surface area contributed by atoms with E-state index in [1.165, 1.54) is 16.8 Å². The molecular formula is C16H22N+. The Hall–Kier alpha value is -1.63. The number of nitrogens with zero attached hydrogens (tertiary/aromatic N) is 1. The van der Waals surface area contributed by atoms with Crippen molar-refractivity contribution in [2.75, 3.05) is 0 Å². The molecule has 0 N–H and O–H groups in total. The molecule has 0 aliphatic carbocycles. The second kappa shape index (κ2) is 6.85. The lowest BCUT2D eigenvalue weighted by Crippen LogP contribution is -2.31. The summed E-state index contributed by atoms with van der Waals surface area (Å²) in [5.74, 6) is 0. The van der Waals surface area contributed by atoms with E-state index in [2.05, 4.69) is 53.2 Å². The maximum Gasteiger partial charge on any atom is 0.213 e. The molecule has 3 rings (SSSR count). The molecule has 2 heterocycles. The van der Waals surface area contributed by atoms with Crippen LogP contribution in [0.15, 0.2) is 48.7 Å². The maximum absolute atomic E-state index is 2.28. The van der Waals surface area contributed by atoms with E-state index in [-0.39, 0.29) is 0 Å². The molecule has 17 heavy (non-hydrogen) atoms. The van der Waals surface area contributed by atoms with Crippen molar-refractivity contribution in [2.24, 2.45) is 0 Å². The van der Waals surface area contributed by atoms with Crippen molar-refractivity contribution in [2.45, 2.75) is 34.2 Å². The molecular weight excluding hydrogens is 206 g/mol. The maximum atomic E-state index is 2.28. The Labute approximate surface area is 105 Å². The van der Waals surface area contributed by atoms with Crippen LogP contribution in [0.3, 0.4) is 0 Å². The smallest absolute Gasteiger partial charge is 0.194 e. The van der Waals surface area contributed by atoms with Crippen LogP contribution in [0.5, 0.6) is 0 Å². The molecule has 0 saturated heterocycles. The molecule has 1 aromatic carbocycles. The van der Waals surface area contributed by atoms with Gasteiger partial charge in [-0.25, -0.2) is 0 Å². The molecule has 1 heteroatoms. The number of fused-ring (bicyclic) bond motifs is 3. The Morgan fingerprint density at radius 2 is 1.47 bits per heavy atom. The van der Waals surface area contributed by atoms with Gasteiger partial charge in [0.1, 0.15) is 0 Å². The molecule has 0 fully saturated rings. The molecule has 2 aromatic rings. The lowest BCUT2D eigenvalue weighted by atomic mass is 10.1. The van der Waals surface area contributed by atoms with Crippen LogP contribution in [-0.4, -0.2) is 0 Å². The lowest BCUT2D eigenvalue weighted by molar-refractivity contribution is -0.672. The highest BCUT2D eigenvalue weighted by Crippen LogP contribution is 2.24. The van der Waals surface area contributed by atoms with Crippen molar-refractivity contribution >= 4 is 0 Å². The van der Waals surface area contributed by atoms with Gasteiger partial charge in [0.25, 0.3) is 0 Å². The normalized spacial score (nSPS) is 10.1. The predicted molar refractivity (Wildman–Crippen MR) is 73.9 cm³/mol. The molecule has 0 radical (unpaired) electrons. The summed E-state index contributed by atoms with van der Waals surface area (Å²) in [4.78, 5) is 0. The van der Waals surface area contributed by atoms with Gasteiger partial charge < -0.3 is 0 Å². The predicted octanol–water partition coefficient (Wildman–Crippen LogP) is 4.06. The van der Waals surface area contributed by atoms with E-state index < -0.39 is 0 Å². The average molecular weight is 228 g/mol. The van der Waals surface area contributed by atoms with E-state index in [1.54, 1.807) is 0 Å². The van der Waals surface area contributed by atoms with Gasteiger partial charge in [-0.15, -0.1) is 0 Å². The topological polar surface area (TPSA) is 3.88 Å². The van der Waals surface area contributed by atoms with Crippen molar-refractivity contribution in [3.05, 3.63) is 54.2 Å². The number of benzene rings is 1. The van der Waals surface area contributed by atoms with Crippen LogP contribution in [0, 0.1) is 0 Å². The SMILES string of the molecule is CC.CC.c1ccc2c(c1)C[n+]1ccccc1-2. The summed E-state index contributed by atoms with van der Waals surface area (Å²) < 4.78 is 2.28. The van der Waals surface area contributed by atoms with E-state index >= 15 is 0 Å². The van der Waals surface area contributed by atoms with Crippen LogP contribution in [0.1, 0.15) is 33.3 Å². The number of hydrogen-bond donors (Lipinski definition) is 0. The third-order valence-electron chi connectivity index (χ3n) is 2.57. The Balaban J connectivity index is 0.000000330. The van der Waals surface area contributed by atoms with Gasteiger partial charge in [-0.3, -0.25) is 0 Å². The zero-order valence-corrected chi connectivity index (χ0v) is 11.3. The second-order valence-electron chi connectivity index (χ2n) is 3.37. The summed E-state index contributed by atoms with van der Waals surface area (Å²) in [6.07, 6.45) is 2.13. The Kier molecular flexibility index (Phi) is 5.41. The summed E-state index contributed by atoms with van der Waals surface area (Å²) in [7, 11) is 0. The molecule has 90 valence electrons. The summed E-state index contributed by atoms with van der Waals surface area (Å²) in [6.45, 7) is 9.02. The number of rotatable bonds is 0. The van der Waals surface area contributed by atoms with Crippen LogP contribution >= 0.6 is 0 Å². The van der Waals surface area contributed by atoms with Crippen molar-refractivity contribution < 1.29 is 4.57 Å². The molecule has 0 spiro atoms. The van der Waals surface area contributed by atoms with Gasteiger partial charge in [0.2, 0.25) is 5.69 Å². The molecule has 0 amide bonds. The Morgan fingerprint density at radius 1 is 0.824 bits per heavy atom. The van der Waals surface area contributed by atoms with E-state index in [1.807, 2.05) is 27.7 Å². The highest BCUT2D eigenvalue weighted by Gasteiger charge is 2.23. The summed E-state index contributed by atoms with van der Waals surface area (Å²) in [5, 5.41) is 0. The molecule has 1 aromatic heterocycles. The first kappa shape index (κ1) is 13.4. The van der Waals surface area contributed by atoms with Crippen molar-refractivity contribution in [1.82, 2.24) is 0 Å². The highest BCUT2D eigenvalue weighted by atomic mass is 15.0. The second-order valence-corrected chi connectivity index (χ2v) is 3.37. The summed E-state index contributed by atoms with van der Waals surface area (Å²) in [6, 6.07) is 14.9. The van der Waals surface area contributed by atoms with E-state index in [0.717, 1.165) is 6.54 Å². The van der Waals surface area contributed by atoms with E-state index in [9.17, 15) is 0 Å². The zero-order valence-electron chi connectivity index (χ0n) is 11.3. The van der Waals surface area contributed by atoms with Crippen molar-refractivity contribution in [1.29, 1.82) is 0 Å². The zero-order chi connectivity index (χ0) is 12.7. The van der Waals surface area contributed by atoms with Crippen LogP contribution in [0.2, 0.25) is 0 Å². The fourth-order valence-corrected chi connectivity index (χ4v) is 1.95. The molecule has 1 aliphatic heterocycles. The van der Waals surface area contributed by atoms with Crippen LogP contribution in [0.4, 0.5) is 0 Å². The van der Waals surface area contributed by atoms with Gasteiger partial charge in [0.15, 0.2) is 12.7 Å². The van der Waals surface area contributed by atoms with Crippen LogP contribution in [0.25, 0.3) is 11.3 Å². The van der Waals surface area contributed by atoms with E-state index in [4.69, 9.17) is 0 Å². The van der Waals surface area contributed by atoms with Gasteiger partial charge >= 0.3 is 0 Å². The largest absolute Gasteiger partial charge is 0.213 e. The first-order chi connectivity index (χ1) is 8.45. The average Bonchev–Trinajstić information content (AvgIpc) is 2.82. The third-order valence-corrected chi connectivity index (χ3v) is 2.57. The first-order valence-electron chi connectivity index (χ1n) is 6.52. The van der Waals surface area contributed by atoms with Crippen LogP contribution < -0.4 is 4.57 Å². The van der Waals surface area contributed by atoms with Gasteiger partial charge in [-0.2, -0.15) is 4.57 Å². The minimum absolute atomic E-state index is 1.02. The minimum atomic E-state index is 1.02. The quantitative estimate of drug-likeness (QED) is 0.511. The molecule has 1 nitrogen and oxygen atoms in total. The van der Waals surface area contributed by atoms with Gasteiger partial charge in [0.05, 0.1) is 5.56 Å². The first-order valence-corrected chi connectivity index (χ1v) is 6.52. The lowest BCUT2D eigenvalue weighted by Gasteiger charge is -1.90. The molecule has 0 unspecified atom stereocenters. The van der Waals surface area contributed by atoms with E-state index in [0.29, 0.717) is 0 Å². The number of hydrogen-bond acceptors (Lipinski definition) is 0. The molecule has 0 saturated carbocycles. The fraction of sp³-hybridized carbons (Fsp3) is 0.312. The van der Waals surface area contributed by atoms with Crippen molar-refractivity contribution in [3.8, 4) is 11.3 Å². The van der Waals surface area contributed by atoms with Crippen LogP contribution in [-0.2, 0) is 6.54 Å². The number of pyridine rings is 1. The van der Waals surface area contributed by atoms with Gasteiger partial charge in [0, 0.05) is 17.7 Å². The molecule has 0 bridgehead atoms. The standard InChI is InChI=1S/C12H10N.2C2H6/c1-2-6-11-10(5-1)9-13-8-4-3-7-12(11)13;2*1-2/h1-8H,9H2;2*1-2H3/q+1;;.